The van der Waals surface area contributed by atoms with Gasteiger partial charge in [-0.15, -0.1) is 11.8 Å². The van der Waals surface area contributed by atoms with E-state index in [2.05, 4.69) is 77.9 Å². The van der Waals surface area contributed by atoms with Crippen LogP contribution in [-0.4, -0.2) is 4.75 Å². The van der Waals surface area contributed by atoms with Crippen LogP contribution >= 0.6 is 11.8 Å². The minimum Gasteiger partial charge on any atom is -0.120 e. The Morgan fingerprint density at radius 1 is 0.850 bits per heavy atom. The van der Waals surface area contributed by atoms with Gasteiger partial charge in [0.2, 0.25) is 0 Å². The zero-order valence-electron chi connectivity index (χ0n) is 13.6. The maximum atomic E-state index is 2.33. The molecule has 1 heteroatoms. The zero-order valence-corrected chi connectivity index (χ0v) is 14.4. The molecule has 0 amide bonds. The monoisotopic (exact) mass is 286 g/mol. The van der Waals surface area contributed by atoms with Crippen LogP contribution in [0.5, 0.6) is 0 Å². The molecule has 0 saturated carbocycles. The highest BCUT2D eigenvalue weighted by Gasteiger charge is 2.17. The van der Waals surface area contributed by atoms with Gasteiger partial charge in [0.05, 0.1) is 0 Å². The lowest BCUT2D eigenvalue weighted by Crippen LogP contribution is -2.11. The smallest absolute Gasteiger partial charge is 0.0148 e. The van der Waals surface area contributed by atoms with Crippen molar-refractivity contribution < 1.29 is 0 Å². The Balaban J connectivity index is 2.37. The van der Waals surface area contributed by atoms with Crippen LogP contribution in [-0.2, 0) is 5.41 Å². The maximum absolute atomic E-state index is 2.33. The minimum atomic E-state index is 0.214. The number of hydrogen-bond donors (Lipinski definition) is 0. The summed E-state index contributed by atoms with van der Waals surface area (Å²) in [6.07, 6.45) is 1.18. The molecule has 0 aliphatic carbocycles. The second-order valence-electron chi connectivity index (χ2n) is 7.19. The van der Waals surface area contributed by atoms with Gasteiger partial charge in [-0.25, -0.2) is 0 Å². The number of rotatable bonds is 3. The maximum Gasteiger partial charge on any atom is 0.0148 e. The van der Waals surface area contributed by atoms with Crippen LogP contribution in [0.15, 0.2) is 41.3 Å². The Kier molecular flexibility index (Phi) is 4.20. The average Bonchev–Trinajstić information content (AvgIpc) is 2.36. The first-order valence-electron chi connectivity index (χ1n) is 7.44. The molecule has 2 rings (SSSR count). The van der Waals surface area contributed by atoms with Crippen LogP contribution in [0, 0.1) is 0 Å². The van der Waals surface area contributed by atoms with E-state index in [1.807, 2.05) is 11.8 Å². The van der Waals surface area contributed by atoms with Gasteiger partial charge < -0.3 is 0 Å². The molecule has 0 aliphatic rings. The highest BCUT2D eigenvalue weighted by atomic mass is 32.2. The molecule has 0 aromatic heterocycles. The van der Waals surface area contributed by atoms with Crippen LogP contribution in [0.1, 0.15) is 53.5 Å². The number of hydrogen-bond acceptors (Lipinski definition) is 1. The van der Waals surface area contributed by atoms with E-state index in [4.69, 9.17) is 0 Å². The molecule has 0 spiro atoms. The third-order valence-electron chi connectivity index (χ3n) is 3.92. The lowest BCUT2D eigenvalue weighted by atomic mass is 9.86. The third kappa shape index (κ3) is 3.58. The summed E-state index contributed by atoms with van der Waals surface area (Å²) in [5.74, 6) is 0. The standard InChI is InChI=1S/C19H26S/c1-7-19(5,6)20-17-11-9-14-12-16(18(2,3)4)10-8-15(14)13-17/h8-13H,7H2,1-6H3. The van der Waals surface area contributed by atoms with E-state index in [0.717, 1.165) is 0 Å². The molecule has 0 atom stereocenters. The molecule has 0 heterocycles. The van der Waals surface area contributed by atoms with Crippen molar-refractivity contribution in [2.24, 2.45) is 0 Å². The van der Waals surface area contributed by atoms with Gasteiger partial charge in [-0.3, -0.25) is 0 Å². The third-order valence-corrected chi connectivity index (χ3v) is 5.25. The Morgan fingerprint density at radius 3 is 2.05 bits per heavy atom. The highest BCUT2D eigenvalue weighted by molar-refractivity contribution is 8.00. The van der Waals surface area contributed by atoms with Gasteiger partial charge in [0.25, 0.3) is 0 Å². The van der Waals surface area contributed by atoms with Gasteiger partial charge in [-0.05, 0) is 40.3 Å². The summed E-state index contributed by atoms with van der Waals surface area (Å²) in [6, 6.07) is 13.7. The zero-order chi connectivity index (χ0) is 15.0. The molecule has 2 aromatic rings. The fourth-order valence-corrected chi connectivity index (χ4v) is 3.25. The van der Waals surface area contributed by atoms with Crippen molar-refractivity contribution in [3.63, 3.8) is 0 Å². The van der Waals surface area contributed by atoms with Gasteiger partial charge >= 0.3 is 0 Å². The van der Waals surface area contributed by atoms with Crippen LogP contribution < -0.4 is 0 Å². The molecule has 0 unspecified atom stereocenters. The molecule has 0 aliphatic heterocycles. The first-order valence-corrected chi connectivity index (χ1v) is 8.26. The summed E-state index contributed by atoms with van der Waals surface area (Å²) in [5, 5.41) is 2.69. The van der Waals surface area contributed by atoms with Gasteiger partial charge in [-0.2, -0.15) is 0 Å². The molecular formula is C19H26S. The van der Waals surface area contributed by atoms with Crippen LogP contribution in [0.3, 0.4) is 0 Å². The summed E-state index contributed by atoms with van der Waals surface area (Å²) in [6.45, 7) is 13.7. The Bertz CT molecular complexity index is 603. The molecule has 2 aromatic carbocycles. The van der Waals surface area contributed by atoms with E-state index in [0.29, 0.717) is 4.75 Å². The van der Waals surface area contributed by atoms with Crippen molar-refractivity contribution in [3.8, 4) is 0 Å². The predicted octanol–water partition coefficient (Wildman–Crippen LogP) is 6.42. The highest BCUT2D eigenvalue weighted by Crippen LogP contribution is 2.36. The topological polar surface area (TPSA) is 0 Å². The number of fused-ring (bicyclic) bond motifs is 1. The normalized spacial score (nSPS) is 12.9. The molecule has 0 nitrogen and oxygen atoms in total. The van der Waals surface area contributed by atoms with Crippen molar-refractivity contribution in [3.05, 3.63) is 42.0 Å². The Labute approximate surface area is 128 Å². The summed E-state index contributed by atoms with van der Waals surface area (Å²) in [5.41, 5.74) is 1.62. The largest absolute Gasteiger partial charge is 0.120 e. The van der Waals surface area contributed by atoms with Gasteiger partial charge in [0, 0.05) is 9.64 Å². The molecule has 108 valence electrons. The lowest BCUT2D eigenvalue weighted by Gasteiger charge is -2.22. The van der Waals surface area contributed by atoms with E-state index in [9.17, 15) is 0 Å². The van der Waals surface area contributed by atoms with Crippen LogP contribution in [0.25, 0.3) is 10.8 Å². The summed E-state index contributed by atoms with van der Waals surface area (Å²) in [4.78, 5) is 1.37. The number of thioether (sulfide) groups is 1. The van der Waals surface area contributed by atoms with Gasteiger partial charge in [0.1, 0.15) is 0 Å². The van der Waals surface area contributed by atoms with E-state index in [1.54, 1.807) is 0 Å². The lowest BCUT2D eigenvalue weighted by molar-refractivity contribution is 0.591. The van der Waals surface area contributed by atoms with Crippen LogP contribution in [0.2, 0.25) is 0 Å². The Hall–Kier alpha value is -0.950. The quantitative estimate of drug-likeness (QED) is 0.587. The summed E-state index contributed by atoms with van der Waals surface area (Å²) >= 11 is 1.97. The molecule has 0 fully saturated rings. The van der Waals surface area contributed by atoms with Gasteiger partial charge in [-0.1, -0.05) is 65.8 Å². The second-order valence-corrected chi connectivity index (χ2v) is 8.97. The van der Waals surface area contributed by atoms with Crippen molar-refractivity contribution in [2.75, 3.05) is 0 Å². The first-order chi connectivity index (χ1) is 9.21. The molecule has 0 N–H and O–H groups in total. The fourth-order valence-electron chi connectivity index (χ4n) is 2.15. The summed E-state index contributed by atoms with van der Waals surface area (Å²) < 4.78 is 0.305. The van der Waals surface area contributed by atoms with Gasteiger partial charge in [0.15, 0.2) is 0 Å². The summed E-state index contributed by atoms with van der Waals surface area (Å²) in [7, 11) is 0. The first kappa shape index (κ1) is 15.4. The molecule has 20 heavy (non-hydrogen) atoms. The van der Waals surface area contributed by atoms with Crippen molar-refractivity contribution in [1.82, 2.24) is 0 Å². The Morgan fingerprint density at radius 2 is 1.45 bits per heavy atom. The van der Waals surface area contributed by atoms with Crippen molar-refractivity contribution in [2.45, 2.75) is 63.0 Å². The van der Waals surface area contributed by atoms with E-state index in [1.165, 1.54) is 27.7 Å². The van der Waals surface area contributed by atoms with Crippen LogP contribution in [0.4, 0.5) is 0 Å². The fraction of sp³-hybridized carbons (Fsp3) is 0.474. The average molecular weight is 286 g/mol. The van der Waals surface area contributed by atoms with Crippen molar-refractivity contribution >= 4 is 22.5 Å². The van der Waals surface area contributed by atoms with E-state index >= 15 is 0 Å². The van der Waals surface area contributed by atoms with E-state index in [-0.39, 0.29) is 5.41 Å². The second kappa shape index (κ2) is 5.44. The van der Waals surface area contributed by atoms with Crippen molar-refractivity contribution in [1.29, 1.82) is 0 Å². The molecule has 0 saturated heterocycles. The number of benzene rings is 2. The minimum absolute atomic E-state index is 0.214. The molecule has 0 bridgehead atoms. The SMILES string of the molecule is CCC(C)(C)Sc1ccc2cc(C(C)(C)C)ccc2c1. The predicted molar refractivity (Wildman–Crippen MR) is 92.9 cm³/mol. The molecular weight excluding hydrogens is 260 g/mol. The van der Waals surface area contributed by atoms with E-state index < -0.39 is 0 Å². The molecule has 0 radical (unpaired) electrons.